The van der Waals surface area contributed by atoms with Crippen molar-refractivity contribution >= 4 is 22.9 Å². The largest absolute Gasteiger partial charge is 0.482 e. The molecule has 0 bridgehead atoms. The van der Waals surface area contributed by atoms with E-state index in [0.717, 1.165) is 56.4 Å². The average molecular weight is 437 g/mol. The molecule has 0 atom stereocenters. The molecule has 2 aromatic rings. The molecule has 0 unspecified atom stereocenters. The standard InChI is InChI=1S/C26H29FN2O3/c1-26(2)21-14-16(4-3-11-29-12-9-18(30)10-13-29)5-7-19(21)24(32-26)23-20-15-17(27)6-8-22(20)28-25(23)31/h5-8,14-15,18,30H,3-4,9-13H2,1-2H3,(H,28,31)/b24-23+. The molecule has 5 nitrogen and oxygen atoms in total. The number of benzene rings is 2. The van der Waals surface area contributed by atoms with Crippen LogP contribution in [0.5, 0.6) is 0 Å². The van der Waals surface area contributed by atoms with Crippen LogP contribution in [0.3, 0.4) is 0 Å². The molecule has 2 aromatic carbocycles. The lowest BCUT2D eigenvalue weighted by atomic mass is 9.91. The summed E-state index contributed by atoms with van der Waals surface area (Å²) in [6.45, 7) is 6.96. The summed E-state index contributed by atoms with van der Waals surface area (Å²) in [6.07, 6.45) is 3.60. The van der Waals surface area contributed by atoms with E-state index in [0.29, 0.717) is 22.6 Å². The predicted octanol–water partition coefficient (Wildman–Crippen LogP) is 4.30. The molecule has 32 heavy (non-hydrogen) atoms. The van der Waals surface area contributed by atoms with Gasteiger partial charge >= 0.3 is 0 Å². The molecule has 2 N–H and O–H groups in total. The van der Waals surface area contributed by atoms with E-state index in [4.69, 9.17) is 4.74 Å². The van der Waals surface area contributed by atoms with E-state index in [9.17, 15) is 14.3 Å². The summed E-state index contributed by atoms with van der Waals surface area (Å²) in [5, 5.41) is 12.5. The molecule has 0 radical (unpaired) electrons. The number of fused-ring (bicyclic) bond motifs is 2. The summed E-state index contributed by atoms with van der Waals surface area (Å²) in [4.78, 5) is 15.2. The smallest absolute Gasteiger partial charge is 0.260 e. The third-order valence-corrected chi connectivity index (χ3v) is 6.78. The van der Waals surface area contributed by atoms with Crippen molar-refractivity contribution in [2.45, 2.75) is 51.2 Å². The minimum Gasteiger partial charge on any atom is -0.482 e. The molecule has 3 heterocycles. The Morgan fingerprint density at radius 3 is 2.72 bits per heavy atom. The van der Waals surface area contributed by atoms with Crippen LogP contribution < -0.4 is 5.32 Å². The number of ether oxygens (including phenoxy) is 1. The van der Waals surface area contributed by atoms with Gasteiger partial charge in [-0.25, -0.2) is 4.39 Å². The number of piperidine rings is 1. The summed E-state index contributed by atoms with van der Waals surface area (Å²) in [5.74, 6) is -0.125. The zero-order chi connectivity index (χ0) is 22.5. The first kappa shape index (κ1) is 21.2. The number of carbonyl (C=O) groups is 1. The second kappa shape index (κ2) is 8.01. The van der Waals surface area contributed by atoms with E-state index in [2.05, 4.69) is 22.3 Å². The van der Waals surface area contributed by atoms with Gasteiger partial charge < -0.3 is 20.1 Å². The zero-order valence-electron chi connectivity index (χ0n) is 18.6. The number of aliphatic hydroxyl groups is 1. The van der Waals surface area contributed by atoms with Crippen molar-refractivity contribution in [2.75, 3.05) is 25.0 Å². The Morgan fingerprint density at radius 1 is 1.16 bits per heavy atom. The van der Waals surface area contributed by atoms with Crippen molar-refractivity contribution in [3.8, 4) is 0 Å². The van der Waals surface area contributed by atoms with Crippen molar-refractivity contribution in [1.82, 2.24) is 4.90 Å². The highest BCUT2D eigenvalue weighted by Gasteiger charge is 2.40. The Hall–Kier alpha value is -2.70. The van der Waals surface area contributed by atoms with Gasteiger partial charge in [0.1, 0.15) is 17.2 Å². The molecular weight excluding hydrogens is 407 g/mol. The normalized spacial score (nSPS) is 22.4. The maximum atomic E-state index is 13.9. The van der Waals surface area contributed by atoms with Crippen molar-refractivity contribution in [2.24, 2.45) is 0 Å². The van der Waals surface area contributed by atoms with Gasteiger partial charge in [0.2, 0.25) is 0 Å². The van der Waals surface area contributed by atoms with Crippen LogP contribution in [0.25, 0.3) is 11.3 Å². The van der Waals surface area contributed by atoms with E-state index < -0.39 is 5.60 Å². The quantitative estimate of drug-likeness (QED) is 0.702. The van der Waals surface area contributed by atoms with Crippen LogP contribution >= 0.6 is 0 Å². The monoisotopic (exact) mass is 436 g/mol. The number of aliphatic hydroxyl groups excluding tert-OH is 1. The van der Waals surface area contributed by atoms with Gasteiger partial charge in [-0.05, 0) is 69.8 Å². The number of rotatable bonds is 4. The highest BCUT2D eigenvalue weighted by molar-refractivity contribution is 6.36. The Morgan fingerprint density at radius 2 is 1.94 bits per heavy atom. The Bertz CT molecular complexity index is 1100. The highest BCUT2D eigenvalue weighted by atomic mass is 19.1. The number of amides is 1. The number of anilines is 1. The number of aryl methyl sites for hydroxylation is 1. The third-order valence-electron chi connectivity index (χ3n) is 6.78. The number of hydrogen-bond acceptors (Lipinski definition) is 4. The van der Waals surface area contributed by atoms with Crippen LogP contribution in [0.1, 0.15) is 55.4 Å². The predicted molar refractivity (Wildman–Crippen MR) is 122 cm³/mol. The molecule has 1 amide bonds. The molecular formula is C26H29FN2O3. The molecule has 1 saturated heterocycles. The number of nitrogens with zero attached hydrogens (tertiary/aromatic N) is 1. The van der Waals surface area contributed by atoms with Crippen molar-refractivity contribution in [3.63, 3.8) is 0 Å². The number of halogens is 1. The number of hydrogen-bond donors (Lipinski definition) is 2. The van der Waals surface area contributed by atoms with E-state index in [-0.39, 0.29) is 17.8 Å². The number of carbonyl (C=O) groups excluding carboxylic acids is 1. The molecule has 0 aromatic heterocycles. The number of likely N-dealkylation sites (tertiary alicyclic amines) is 1. The second-order valence-corrected chi connectivity index (χ2v) is 9.52. The first-order valence-corrected chi connectivity index (χ1v) is 11.4. The highest BCUT2D eigenvalue weighted by Crippen LogP contribution is 2.48. The van der Waals surface area contributed by atoms with Crippen LogP contribution in [-0.2, 0) is 21.6 Å². The van der Waals surface area contributed by atoms with Crippen LogP contribution in [0.15, 0.2) is 36.4 Å². The zero-order valence-corrected chi connectivity index (χ0v) is 18.6. The fraction of sp³-hybridized carbons (Fsp3) is 0.423. The maximum Gasteiger partial charge on any atom is 0.260 e. The first-order chi connectivity index (χ1) is 15.3. The molecule has 1 fully saturated rings. The number of nitrogens with one attached hydrogen (secondary N) is 1. The van der Waals surface area contributed by atoms with Gasteiger partial charge in [-0.15, -0.1) is 0 Å². The van der Waals surface area contributed by atoms with E-state index in [1.54, 1.807) is 6.07 Å². The lowest BCUT2D eigenvalue weighted by molar-refractivity contribution is -0.110. The fourth-order valence-electron chi connectivity index (χ4n) is 5.01. The second-order valence-electron chi connectivity index (χ2n) is 9.52. The Kier molecular flexibility index (Phi) is 5.30. The Balaban J connectivity index is 1.40. The average Bonchev–Trinajstić information content (AvgIpc) is 3.21. The van der Waals surface area contributed by atoms with Crippen LogP contribution in [0.2, 0.25) is 0 Å². The van der Waals surface area contributed by atoms with Gasteiger partial charge in [-0.3, -0.25) is 4.79 Å². The van der Waals surface area contributed by atoms with Crippen molar-refractivity contribution in [1.29, 1.82) is 0 Å². The summed E-state index contributed by atoms with van der Waals surface area (Å²) in [6, 6.07) is 10.6. The van der Waals surface area contributed by atoms with Gasteiger partial charge in [-0.1, -0.05) is 18.2 Å². The third kappa shape index (κ3) is 3.82. The molecule has 0 saturated carbocycles. The van der Waals surface area contributed by atoms with Gasteiger partial charge in [0, 0.05) is 35.5 Å². The molecule has 0 spiro atoms. The van der Waals surface area contributed by atoms with Gasteiger partial charge in [0.25, 0.3) is 5.91 Å². The molecule has 3 aliphatic heterocycles. The van der Waals surface area contributed by atoms with Crippen LogP contribution in [0, 0.1) is 5.82 Å². The topological polar surface area (TPSA) is 61.8 Å². The maximum absolute atomic E-state index is 13.9. The summed E-state index contributed by atoms with van der Waals surface area (Å²) >= 11 is 0. The van der Waals surface area contributed by atoms with E-state index in [1.165, 1.54) is 17.7 Å². The minimum atomic E-state index is -0.576. The Labute approximate surface area is 187 Å². The van der Waals surface area contributed by atoms with Crippen LogP contribution in [-0.4, -0.2) is 41.7 Å². The molecule has 168 valence electrons. The van der Waals surface area contributed by atoms with Gasteiger partial charge in [0.15, 0.2) is 0 Å². The van der Waals surface area contributed by atoms with Crippen molar-refractivity contribution in [3.05, 3.63) is 64.5 Å². The molecule has 6 heteroatoms. The summed E-state index contributed by atoms with van der Waals surface area (Å²) < 4.78 is 20.2. The molecule has 0 aliphatic carbocycles. The minimum absolute atomic E-state index is 0.140. The van der Waals surface area contributed by atoms with E-state index >= 15 is 0 Å². The van der Waals surface area contributed by atoms with Gasteiger partial charge in [-0.2, -0.15) is 0 Å². The lowest BCUT2D eigenvalue weighted by Crippen LogP contribution is -2.36. The van der Waals surface area contributed by atoms with Crippen LogP contribution in [0.4, 0.5) is 10.1 Å². The first-order valence-electron chi connectivity index (χ1n) is 11.4. The molecule has 3 aliphatic rings. The SMILES string of the molecule is CC1(C)O/C(=C2/C(=O)Nc3ccc(F)cc32)c2ccc(CCCN3CCC(O)CC3)cc21. The van der Waals surface area contributed by atoms with Crippen molar-refractivity contribution < 1.29 is 19.0 Å². The van der Waals surface area contributed by atoms with Gasteiger partial charge in [0.05, 0.1) is 11.7 Å². The fourth-order valence-corrected chi connectivity index (χ4v) is 5.01. The lowest BCUT2D eigenvalue weighted by Gasteiger charge is -2.29. The van der Waals surface area contributed by atoms with E-state index in [1.807, 2.05) is 19.9 Å². The summed E-state index contributed by atoms with van der Waals surface area (Å²) in [7, 11) is 0. The summed E-state index contributed by atoms with van der Waals surface area (Å²) in [5.41, 5.74) is 4.16. The molecule has 5 rings (SSSR count).